The molecule has 152 valence electrons. The number of anilines is 1. The summed E-state index contributed by atoms with van der Waals surface area (Å²) in [4.78, 5) is 16.9. The van der Waals surface area contributed by atoms with E-state index < -0.39 is 11.9 Å². The standard InChI is InChI=1S/C20H19N7O3/c1-2-11-27(20-21-18(19(28)29)30-24-20)12-13-7-9-14(10-8-13)15-5-3-4-6-16(15)17-22-25-26-23-17/h3-10H,2,11-12H2,1H3,(H,28,29)(H,22,23,25,26). The molecule has 10 heteroatoms. The summed E-state index contributed by atoms with van der Waals surface area (Å²) in [6.45, 7) is 3.23. The van der Waals surface area contributed by atoms with Crippen LogP contribution >= 0.6 is 0 Å². The summed E-state index contributed by atoms with van der Waals surface area (Å²) in [6.07, 6.45) is 0.854. The summed E-state index contributed by atoms with van der Waals surface area (Å²) in [6, 6.07) is 15.9. The highest BCUT2D eigenvalue weighted by Crippen LogP contribution is 2.30. The predicted octanol–water partition coefficient (Wildman–Crippen LogP) is 3.03. The molecule has 2 aromatic carbocycles. The van der Waals surface area contributed by atoms with Crippen molar-refractivity contribution in [2.24, 2.45) is 0 Å². The van der Waals surface area contributed by atoms with Crippen LogP contribution in [0.4, 0.5) is 5.95 Å². The zero-order chi connectivity index (χ0) is 20.9. The average molecular weight is 405 g/mol. The Labute approximate surface area is 171 Å². The van der Waals surface area contributed by atoms with Gasteiger partial charge in [0.05, 0.1) is 0 Å². The molecule has 0 spiro atoms. The van der Waals surface area contributed by atoms with Crippen LogP contribution in [0, 0.1) is 0 Å². The Balaban J connectivity index is 1.57. The lowest BCUT2D eigenvalue weighted by Gasteiger charge is -2.20. The van der Waals surface area contributed by atoms with Crippen molar-refractivity contribution in [1.29, 1.82) is 0 Å². The molecular weight excluding hydrogens is 386 g/mol. The van der Waals surface area contributed by atoms with Crippen LogP contribution in [0.1, 0.15) is 29.6 Å². The van der Waals surface area contributed by atoms with E-state index in [4.69, 9.17) is 9.63 Å². The normalized spacial score (nSPS) is 10.8. The molecule has 0 aliphatic rings. The van der Waals surface area contributed by atoms with Crippen molar-refractivity contribution < 1.29 is 14.4 Å². The van der Waals surface area contributed by atoms with Gasteiger partial charge >= 0.3 is 11.9 Å². The van der Waals surface area contributed by atoms with Crippen molar-refractivity contribution in [2.75, 3.05) is 11.4 Å². The Hall–Kier alpha value is -4.08. The van der Waals surface area contributed by atoms with E-state index in [0.717, 1.165) is 28.7 Å². The number of aromatic amines is 1. The van der Waals surface area contributed by atoms with E-state index in [1.54, 1.807) is 0 Å². The molecule has 0 aliphatic carbocycles. The fraction of sp³-hybridized carbons (Fsp3) is 0.200. The Bertz CT molecular complexity index is 1120. The summed E-state index contributed by atoms with van der Waals surface area (Å²) >= 11 is 0. The van der Waals surface area contributed by atoms with Gasteiger partial charge in [-0.1, -0.05) is 55.5 Å². The summed E-state index contributed by atoms with van der Waals surface area (Å²) in [5, 5.41) is 27.1. The van der Waals surface area contributed by atoms with Gasteiger partial charge in [0.2, 0.25) is 5.82 Å². The number of aromatic carboxylic acids is 1. The summed E-state index contributed by atoms with van der Waals surface area (Å²) in [5.41, 5.74) is 3.94. The zero-order valence-electron chi connectivity index (χ0n) is 16.2. The highest BCUT2D eigenvalue weighted by atomic mass is 16.5. The lowest BCUT2D eigenvalue weighted by Crippen LogP contribution is -2.24. The fourth-order valence-electron chi connectivity index (χ4n) is 3.17. The minimum Gasteiger partial charge on any atom is -0.474 e. The average Bonchev–Trinajstić information content (AvgIpc) is 3.46. The monoisotopic (exact) mass is 405 g/mol. The highest BCUT2D eigenvalue weighted by molar-refractivity contribution is 5.82. The number of rotatable bonds is 8. The van der Waals surface area contributed by atoms with Crippen LogP contribution < -0.4 is 4.90 Å². The first kappa shape index (κ1) is 19.2. The molecule has 4 rings (SSSR count). The molecule has 0 amide bonds. The first-order valence-corrected chi connectivity index (χ1v) is 9.40. The first-order valence-electron chi connectivity index (χ1n) is 9.40. The van der Waals surface area contributed by atoms with Gasteiger partial charge in [-0.2, -0.15) is 10.2 Å². The number of H-pyrrole nitrogens is 1. The maximum absolute atomic E-state index is 11.0. The molecule has 0 bridgehead atoms. The van der Waals surface area contributed by atoms with Gasteiger partial charge in [-0.05, 0) is 33.5 Å². The quantitative estimate of drug-likeness (QED) is 0.453. The Morgan fingerprint density at radius 2 is 1.90 bits per heavy atom. The van der Waals surface area contributed by atoms with Gasteiger partial charge in [0.15, 0.2) is 0 Å². The van der Waals surface area contributed by atoms with Crippen LogP contribution in [0.15, 0.2) is 53.1 Å². The van der Waals surface area contributed by atoms with Crippen molar-refractivity contribution >= 4 is 11.9 Å². The number of tetrazole rings is 1. The van der Waals surface area contributed by atoms with E-state index in [-0.39, 0.29) is 5.95 Å². The van der Waals surface area contributed by atoms with Crippen molar-refractivity contribution in [3.63, 3.8) is 0 Å². The largest absolute Gasteiger partial charge is 0.474 e. The second kappa shape index (κ2) is 8.52. The topological polar surface area (TPSA) is 134 Å². The lowest BCUT2D eigenvalue weighted by molar-refractivity contribution is 0.0643. The molecule has 0 saturated heterocycles. The van der Waals surface area contributed by atoms with E-state index in [9.17, 15) is 4.79 Å². The first-order chi connectivity index (χ1) is 14.7. The van der Waals surface area contributed by atoms with Crippen LogP contribution in [-0.2, 0) is 6.54 Å². The van der Waals surface area contributed by atoms with Crippen molar-refractivity contribution in [1.82, 2.24) is 30.8 Å². The molecule has 0 radical (unpaired) electrons. The molecule has 2 heterocycles. The predicted molar refractivity (Wildman–Crippen MR) is 108 cm³/mol. The molecule has 0 unspecified atom stereocenters. The van der Waals surface area contributed by atoms with E-state index in [1.807, 2.05) is 60.4 Å². The molecule has 4 aromatic rings. The van der Waals surface area contributed by atoms with E-state index >= 15 is 0 Å². The molecular formula is C20H19N7O3. The molecule has 2 aromatic heterocycles. The Kier molecular flexibility index (Phi) is 5.46. The Morgan fingerprint density at radius 1 is 1.13 bits per heavy atom. The molecule has 0 atom stereocenters. The molecule has 10 nitrogen and oxygen atoms in total. The minimum atomic E-state index is -1.24. The lowest BCUT2D eigenvalue weighted by atomic mass is 9.98. The number of hydrogen-bond acceptors (Lipinski definition) is 8. The third-order valence-electron chi connectivity index (χ3n) is 4.53. The van der Waals surface area contributed by atoms with Gasteiger partial charge in [0.1, 0.15) is 0 Å². The Morgan fingerprint density at radius 3 is 2.53 bits per heavy atom. The summed E-state index contributed by atoms with van der Waals surface area (Å²) in [7, 11) is 0. The third-order valence-corrected chi connectivity index (χ3v) is 4.53. The van der Waals surface area contributed by atoms with Crippen molar-refractivity contribution in [2.45, 2.75) is 19.9 Å². The van der Waals surface area contributed by atoms with E-state index in [0.29, 0.717) is 18.9 Å². The van der Waals surface area contributed by atoms with Gasteiger partial charge in [-0.3, -0.25) is 0 Å². The minimum absolute atomic E-state index is 0.265. The number of benzene rings is 2. The number of carboxylic acid groups (broad SMARTS) is 1. The van der Waals surface area contributed by atoms with E-state index in [1.165, 1.54) is 0 Å². The number of carboxylic acids is 1. The molecule has 0 saturated carbocycles. The maximum atomic E-state index is 11.0. The van der Waals surface area contributed by atoms with Gasteiger partial charge in [-0.25, -0.2) is 4.79 Å². The van der Waals surface area contributed by atoms with E-state index in [2.05, 4.69) is 30.8 Å². The number of nitrogens with zero attached hydrogens (tertiary/aromatic N) is 6. The summed E-state index contributed by atoms with van der Waals surface area (Å²) in [5.74, 6) is -0.856. The number of hydrogen-bond donors (Lipinski definition) is 2. The van der Waals surface area contributed by atoms with Gasteiger partial charge in [0.25, 0.3) is 5.95 Å². The smallest absolute Gasteiger partial charge is 0.394 e. The van der Waals surface area contributed by atoms with Crippen molar-refractivity contribution in [3.05, 3.63) is 60.0 Å². The van der Waals surface area contributed by atoms with Crippen molar-refractivity contribution in [3.8, 4) is 22.5 Å². The number of carbonyl (C=O) groups is 1. The van der Waals surface area contributed by atoms with Gasteiger partial charge in [0, 0.05) is 18.7 Å². The van der Waals surface area contributed by atoms with Gasteiger partial charge in [-0.15, -0.1) is 10.2 Å². The zero-order valence-corrected chi connectivity index (χ0v) is 16.2. The van der Waals surface area contributed by atoms with Crippen LogP contribution in [0.2, 0.25) is 0 Å². The fourth-order valence-corrected chi connectivity index (χ4v) is 3.17. The second-order valence-corrected chi connectivity index (χ2v) is 6.60. The van der Waals surface area contributed by atoms with Crippen LogP contribution in [0.3, 0.4) is 0 Å². The maximum Gasteiger partial charge on any atom is 0.394 e. The molecule has 30 heavy (non-hydrogen) atoms. The van der Waals surface area contributed by atoms with Crippen LogP contribution in [-0.4, -0.2) is 48.4 Å². The number of nitrogens with one attached hydrogen (secondary N) is 1. The molecule has 0 aliphatic heterocycles. The molecule has 0 fully saturated rings. The molecule has 2 N–H and O–H groups in total. The number of aromatic nitrogens is 6. The summed E-state index contributed by atoms with van der Waals surface area (Å²) < 4.78 is 4.79. The van der Waals surface area contributed by atoms with Crippen LogP contribution in [0.5, 0.6) is 0 Å². The second-order valence-electron chi connectivity index (χ2n) is 6.60. The third kappa shape index (κ3) is 4.02. The van der Waals surface area contributed by atoms with Gasteiger partial charge < -0.3 is 14.5 Å². The highest BCUT2D eigenvalue weighted by Gasteiger charge is 2.18. The van der Waals surface area contributed by atoms with Crippen LogP contribution in [0.25, 0.3) is 22.5 Å². The SMILES string of the molecule is CCCN(Cc1ccc(-c2ccccc2-c2nn[nH]n2)cc1)c1noc(C(=O)O)n1.